The average Bonchev–Trinajstić information content (AvgIpc) is 2.27. The molecule has 0 aliphatic heterocycles. The van der Waals surface area contributed by atoms with Crippen LogP contribution < -0.4 is 10.0 Å². The van der Waals surface area contributed by atoms with Crippen molar-refractivity contribution >= 4 is 16.0 Å². The molecule has 0 bridgehead atoms. The number of carboxylic acid groups (broad SMARTS) is 1. The van der Waals surface area contributed by atoms with Crippen molar-refractivity contribution in [1.82, 2.24) is 10.0 Å². The van der Waals surface area contributed by atoms with Gasteiger partial charge in [-0.25, -0.2) is 13.1 Å². The number of carbonyl (C=O) groups is 1. The van der Waals surface area contributed by atoms with E-state index in [0.29, 0.717) is 13.1 Å². The van der Waals surface area contributed by atoms with Crippen LogP contribution in [0, 0.1) is 0 Å². The molecule has 0 amide bonds. The van der Waals surface area contributed by atoms with Crippen LogP contribution in [0.15, 0.2) is 24.3 Å². The molecule has 0 heterocycles. The van der Waals surface area contributed by atoms with E-state index in [1.807, 2.05) is 12.1 Å². The summed E-state index contributed by atoms with van der Waals surface area (Å²) in [7, 11) is -3.24. The third-order valence-corrected chi connectivity index (χ3v) is 3.66. The predicted molar refractivity (Wildman–Crippen MR) is 81.5 cm³/mol. The van der Waals surface area contributed by atoms with Crippen LogP contribution in [0.3, 0.4) is 0 Å². The Balaban J connectivity index is 2.47. The Hall–Kier alpha value is -1.44. The third-order valence-electron chi connectivity index (χ3n) is 2.74. The molecule has 21 heavy (non-hydrogen) atoms. The standard InChI is InChI=1S/C14H22N2O4S/c1-14(2,16-21(3,19)20)10-15-9-12-6-4-11(5-7-12)8-13(17)18/h4-7,15-16H,8-10H2,1-3H3,(H,17,18). The van der Waals surface area contributed by atoms with Gasteiger partial charge in [-0.1, -0.05) is 24.3 Å². The van der Waals surface area contributed by atoms with Crippen LogP contribution in [0.5, 0.6) is 0 Å². The molecule has 0 saturated heterocycles. The van der Waals surface area contributed by atoms with Gasteiger partial charge in [-0.15, -0.1) is 0 Å². The summed E-state index contributed by atoms with van der Waals surface area (Å²) >= 11 is 0. The van der Waals surface area contributed by atoms with Crippen LogP contribution >= 0.6 is 0 Å². The molecular weight excluding hydrogens is 292 g/mol. The van der Waals surface area contributed by atoms with Crippen molar-refractivity contribution in [3.63, 3.8) is 0 Å². The number of hydrogen-bond donors (Lipinski definition) is 3. The van der Waals surface area contributed by atoms with Crippen LogP contribution in [-0.4, -0.2) is 37.8 Å². The minimum Gasteiger partial charge on any atom is -0.481 e. The summed E-state index contributed by atoms with van der Waals surface area (Å²) in [6.45, 7) is 4.67. The fourth-order valence-corrected chi connectivity index (χ4v) is 3.08. The van der Waals surface area contributed by atoms with Gasteiger partial charge in [-0.05, 0) is 25.0 Å². The SMILES string of the molecule is CC(C)(CNCc1ccc(CC(=O)O)cc1)NS(C)(=O)=O. The molecule has 0 saturated carbocycles. The molecule has 7 heteroatoms. The van der Waals surface area contributed by atoms with Gasteiger partial charge in [0.15, 0.2) is 0 Å². The Bertz CT molecular complexity index is 579. The second-order valence-corrected chi connectivity index (χ2v) is 7.50. The highest BCUT2D eigenvalue weighted by molar-refractivity contribution is 7.88. The molecule has 3 N–H and O–H groups in total. The lowest BCUT2D eigenvalue weighted by Crippen LogP contribution is -2.49. The molecule has 118 valence electrons. The van der Waals surface area contributed by atoms with Crippen LogP contribution in [-0.2, 0) is 27.8 Å². The average molecular weight is 314 g/mol. The molecule has 0 aliphatic rings. The third kappa shape index (κ3) is 7.79. The van der Waals surface area contributed by atoms with E-state index in [0.717, 1.165) is 17.4 Å². The van der Waals surface area contributed by atoms with Crippen molar-refractivity contribution in [3.05, 3.63) is 35.4 Å². The first-order chi connectivity index (χ1) is 9.57. The van der Waals surface area contributed by atoms with Crippen molar-refractivity contribution < 1.29 is 18.3 Å². The zero-order chi connectivity index (χ0) is 16.1. The number of benzene rings is 1. The summed E-state index contributed by atoms with van der Waals surface area (Å²) in [5, 5.41) is 11.9. The minimum absolute atomic E-state index is 0.0129. The number of hydrogen-bond acceptors (Lipinski definition) is 4. The molecule has 0 radical (unpaired) electrons. The van der Waals surface area contributed by atoms with Crippen molar-refractivity contribution in [1.29, 1.82) is 0 Å². The van der Waals surface area contributed by atoms with Gasteiger partial charge in [0.1, 0.15) is 0 Å². The van der Waals surface area contributed by atoms with Gasteiger partial charge in [0.05, 0.1) is 12.7 Å². The largest absolute Gasteiger partial charge is 0.481 e. The summed E-state index contributed by atoms with van der Waals surface area (Å²) in [6, 6.07) is 7.29. The first-order valence-corrected chi connectivity index (χ1v) is 8.46. The van der Waals surface area contributed by atoms with Gasteiger partial charge in [0.25, 0.3) is 0 Å². The summed E-state index contributed by atoms with van der Waals surface area (Å²) in [6.07, 6.45) is 1.15. The van der Waals surface area contributed by atoms with Crippen LogP contribution in [0.4, 0.5) is 0 Å². The molecule has 1 aromatic rings. The fraction of sp³-hybridized carbons (Fsp3) is 0.500. The summed E-state index contributed by atoms with van der Waals surface area (Å²) in [4.78, 5) is 10.6. The maximum absolute atomic E-state index is 11.2. The highest BCUT2D eigenvalue weighted by Gasteiger charge is 2.21. The normalized spacial score (nSPS) is 12.3. The van der Waals surface area contributed by atoms with E-state index >= 15 is 0 Å². The van der Waals surface area contributed by atoms with E-state index in [-0.39, 0.29) is 6.42 Å². The lowest BCUT2D eigenvalue weighted by Gasteiger charge is -2.25. The molecular formula is C14H22N2O4S. The van der Waals surface area contributed by atoms with Gasteiger partial charge in [0.2, 0.25) is 10.0 Å². The molecule has 0 aromatic heterocycles. The molecule has 1 aromatic carbocycles. The van der Waals surface area contributed by atoms with E-state index in [2.05, 4.69) is 10.0 Å². The molecule has 0 atom stereocenters. The Morgan fingerprint density at radius 3 is 2.19 bits per heavy atom. The number of rotatable bonds is 8. The molecule has 0 unspecified atom stereocenters. The first-order valence-electron chi connectivity index (χ1n) is 6.57. The van der Waals surface area contributed by atoms with Crippen molar-refractivity contribution in [2.45, 2.75) is 32.4 Å². The fourth-order valence-electron chi connectivity index (χ4n) is 2.01. The number of sulfonamides is 1. The first kappa shape index (κ1) is 17.6. The van der Waals surface area contributed by atoms with Gasteiger partial charge in [0, 0.05) is 18.6 Å². The monoisotopic (exact) mass is 314 g/mol. The number of aliphatic carboxylic acids is 1. The number of nitrogens with one attached hydrogen (secondary N) is 2. The van der Waals surface area contributed by atoms with Crippen LogP contribution in [0.2, 0.25) is 0 Å². The van der Waals surface area contributed by atoms with E-state index < -0.39 is 21.5 Å². The smallest absolute Gasteiger partial charge is 0.307 e. The van der Waals surface area contributed by atoms with E-state index in [1.165, 1.54) is 0 Å². The Morgan fingerprint density at radius 2 is 1.71 bits per heavy atom. The Morgan fingerprint density at radius 1 is 1.19 bits per heavy atom. The molecule has 0 fully saturated rings. The van der Waals surface area contributed by atoms with Crippen LogP contribution in [0.25, 0.3) is 0 Å². The van der Waals surface area contributed by atoms with Crippen molar-refractivity contribution in [2.24, 2.45) is 0 Å². The molecule has 0 spiro atoms. The highest BCUT2D eigenvalue weighted by Crippen LogP contribution is 2.07. The van der Waals surface area contributed by atoms with E-state index in [9.17, 15) is 13.2 Å². The summed E-state index contributed by atoms with van der Waals surface area (Å²) in [5.74, 6) is -0.852. The van der Waals surface area contributed by atoms with E-state index in [1.54, 1.807) is 26.0 Å². The maximum atomic E-state index is 11.2. The maximum Gasteiger partial charge on any atom is 0.307 e. The molecule has 0 aliphatic carbocycles. The van der Waals surface area contributed by atoms with Gasteiger partial charge in [-0.2, -0.15) is 0 Å². The summed E-state index contributed by atoms with van der Waals surface area (Å²) in [5.41, 5.74) is 1.20. The zero-order valence-electron chi connectivity index (χ0n) is 12.5. The lowest BCUT2D eigenvalue weighted by molar-refractivity contribution is -0.136. The zero-order valence-corrected chi connectivity index (χ0v) is 13.3. The minimum atomic E-state index is -3.24. The van der Waals surface area contributed by atoms with Gasteiger partial charge >= 0.3 is 5.97 Å². The molecule has 6 nitrogen and oxygen atoms in total. The van der Waals surface area contributed by atoms with Gasteiger partial charge < -0.3 is 10.4 Å². The lowest BCUT2D eigenvalue weighted by atomic mass is 10.1. The van der Waals surface area contributed by atoms with Crippen molar-refractivity contribution in [2.75, 3.05) is 12.8 Å². The Labute approximate surface area is 125 Å². The second-order valence-electron chi connectivity index (χ2n) is 5.75. The quantitative estimate of drug-likeness (QED) is 0.657. The highest BCUT2D eigenvalue weighted by atomic mass is 32.2. The van der Waals surface area contributed by atoms with Crippen molar-refractivity contribution in [3.8, 4) is 0 Å². The summed E-state index contributed by atoms with van der Waals surface area (Å²) < 4.78 is 25.0. The van der Waals surface area contributed by atoms with Crippen LogP contribution in [0.1, 0.15) is 25.0 Å². The van der Waals surface area contributed by atoms with E-state index in [4.69, 9.17) is 5.11 Å². The Kier molecular flexibility index (Phi) is 5.88. The van der Waals surface area contributed by atoms with Gasteiger partial charge in [-0.3, -0.25) is 4.79 Å². The number of carboxylic acids is 1. The molecule has 1 rings (SSSR count). The second kappa shape index (κ2) is 7.02. The predicted octanol–water partition coefficient (Wildman–Crippen LogP) is 0.731. The topological polar surface area (TPSA) is 95.5 Å².